The molecule has 0 aromatic heterocycles. The fourth-order valence-corrected chi connectivity index (χ4v) is 2.26. The Morgan fingerprint density at radius 3 is 2.50 bits per heavy atom. The van der Waals surface area contributed by atoms with Crippen LogP contribution in [0.15, 0.2) is 42.5 Å². The Labute approximate surface area is 149 Å². The predicted octanol–water partition coefficient (Wildman–Crippen LogP) is 3.32. The third kappa shape index (κ3) is 5.47. The van der Waals surface area contributed by atoms with Crippen molar-refractivity contribution in [2.24, 2.45) is 0 Å². The van der Waals surface area contributed by atoms with Crippen LogP contribution in [0.3, 0.4) is 0 Å². The highest BCUT2D eigenvalue weighted by Gasteiger charge is 2.12. The Morgan fingerprint density at radius 2 is 1.81 bits per heavy atom. The lowest BCUT2D eigenvalue weighted by molar-refractivity contribution is -0.116. The Kier molecular flexibility index (Phi) is 6.54. The minimum atomic E-state index is -0.939. The normalized spacial score (nSPS) is 10.3. The molecule has 2 aromatic rings. The molecule has 2 N–H and O–H groups in total. The van der Waals surface area contributed by atoms with Gasteiger partial charge in [0, 0.05) is 30.3 Å². The summed E-state index contributed by atoms with van der Waals surface area (Å²) in [5.41, 5.74) is 0.758. The van der Waals surface area contributed by atoms with Crippen LogP contribution in [0, 0.1) is 11.6 Å². The summed E-state index contributed by atoms with van der Waals surface area (Å²) in [6, 6.07) is 9.28. The fourth-order valence-electron chi connectivity index (χ4n) is 2.26. The van der Waals surface area contributed by atoms with E-state index in [1.54, 1.807) is 24.3 Å². The number of Topliss-reactive ketones (excluding diaryl/α,β-unsaturated/α-hetero) is 1. The van der Waals surface area contributed by atoms with Crippen LogP contribution in [0.25, 0.3) is 0 Å². The zero-order chi connectivity index (χ0) is 19.1. The second-order valence-corrected chi connectivity index (χ2v) is 5.67. The number of hydrogen-bond donors (Lipinski definition) is 2. The molecule has 26 heavy (non-hydrogen) atoms. The van der Waals surface area contributed by atoms with E-state index in [0.717, 1.165) is 12.1 Å². The van der Waals surface area contributed by atoms with Crippen LogP contribution in [0.2, 0.25) is 0 Å². The number of amides is 2. The Balaban J connectivity index is 1.77. The summed E-state index contributed by atoms with van der Waals surface area (Å²) in [6.45, 7) is 1.60. The first-order chi connectivity index (χ1) is 12.4. The van der Waals surface area contributed by atoms with E-state index in [4.69, 9.17) is 0 Å². The lowest BCUT2D eigenvalue weighted by atomic mass is 10.1. The van der Waals surface area contributed by atoms with Gasteiger partial charge in [-0.2, -0.15) is 0 Å². The number of ketones is 1. The minimum absolute atomic E-state index is 0.100. The van der Waals surface area contributed by atoms with Crippen LogP contribution < -0.4 is 10.6 Å². The maximum absolute atomic E-state index is 13.5. The van der Waals surface area contributed by atoms with E-state index >= 15 is 0 Å². The van der Waals surface area contributed by atoms with Gasteiger partial charge in [0.1, 0.15) is 11.6 Å². The van der Waals surface area contributed by atoms with Crippen LogP contribution in [0.5, 0.6) is 0 Å². The minimum Gasteiger partial charge on any atom is -0.352 e. The van der Waals surface area contributed by atoms with Crippen LogP contribution in [0.1, 0.15) is 40.5 Å². The SMILES string of the molecule is CC(=O)c1cccc(NC(=O)CCCNC(=O)c2ccc(F)cc2F)c1. The van der Waals surface area contributed by atoms with E-state index < -0.39 is 17.5 Å². The first-order valence-corrected chi connectivity index (χ1v) is 8.01. The third-order valence-corrected chi connectivity index (χ3v) is 3.59. The maximum atomic E-state index is 13.5. The summed E-state index contributed by atoms with van der Waals surface area (Å²) in [5, 5.41) is 5.14. The van der Waals surface area contributed by atoms with Crippen molar-refractivity contribution in [1.29, 1.82) is 0 Å². The molecular weight excluding hydrogens is 342 g/mol. The van der Waals surface area contributed by atoms with Crippen molar-refractivity contribution in [2.75, 3.05) is 11.9 Å². The monoisotopic (exact) mass is 360 g/mol. The van der Waals surface area contributed by atoms with Gasteiger partial charge >= 0.3 is 0 Å². The summed E-state index contributed by atoms with van der Waals surface area (Å²) >= 11 is 0. The largest absolute Gasteiger partial charge is 0.352 e. The summed E-state index contributed by atoms with van der Waals surface area (Å²) in [7, 11) is 0. The first kappa shape index (κ1) is 19.2. The molecule has 0 spiro atoms. The summed E-state index contributed by atoms with van der Waals surface area (Å²) < 4.78 is 26.3. The number of benzene rings is 2. The van der Waals surface area contributed by atoms with Gasteiger partial charge in [0.05, 0.1) is 5.56 Å². The number of hydrogen-bond acceptors (Lipinski definition) is 3. The van der Waals surface area contributed by atoms with E-state index in [-0.39, 0.29) is 30.2 Å². The molecule has 0 aliphatic heterocycles. The van der Waals surface area contributed by atoms with Crippen LogP contribution in [-0.2, 0) is 4.79 Å². The smallest absolute Gasteiger partial charge is 0.254 e. The Hall–Kier alpha value is -3.09. The van der Waals surface area contributed by atoms with Gasteiger partial charge in [0.25, 0.3) is 5.91 Å². The second-order valence-electron chi connectivity index (χ2n) is 5.67. The molecule has 0 fully saturated rings. The van der Waals surface area contributed by atoms with Crippen LogP contribution >= 0.6 is 0 Å². The lowest BCUT2D eigenvalue weighted by Crippen LogP contribution is -2.26. The topological polar surface area (TPSA) is 75.3 Å². The highest BCUT2D eigenvalue weighted by molar-refractivity contribution is 5.97. The first-order valence-electron chi connectivity index (χ1n) is 8.01. The van der Waals surface area contributed by atoms with Crippen LogP contribution in [-0.4, -0.2) is 24.1 Å². The highest BCUT2D eigenvalue weighted by atomic mass is 19.1. The zero-order valence-corrected chi connectivity index (χ0v) is 14.1. The molecule has 2 rings (SSSR count). The van der Waals surface area contributed by atoms with Gasteiger partial charge in [-0.1, -0.05) is 12.1 Å². The summed E-state index contributed by atoms with van der Waals surface area (Å²) in [4.78, 5) is 35.0. The molecule has 0 bridgehead atoms. The van der Waals surface area contributed by atoms with Gasteiger partial charge in [-0.05, 0) is 37.6 Å². The predicted molar refractivity (Wildman–Crippen MR) is 93.0 cm³/mol. The summed E-state index contributed by atoms with van der Waals surface area (Å²) in [5.74, 6) is -2.74. The molecule has 0 heterocycles. The Morgan fingerprint density at radius 1 is 1.04 bits per heavy atom. The van der Waals surface area contributed by atoms with Gasteiger partial charge in [-0.25, -0.2) is 8.78 Å². The number of carbonyl (C=O) groups is 3. The van der Waals surface area contributed by atoms with Gasteiger partial charge in [-0.3, -0.25) is 14.4 Å². The second kappa shape index (κ2) is 8.84. The average molecular weight is 360 g/mol. The van der Waals surface area contributed by atoms with E-state index in [1.165, 1.54) is 6.92 Å². The van der Waals surface area contributed by atoms with Crippen molar-refractivity contribution in [3.63, 3.8) is 0 Å². The van der Waals surface area contributed by atoms with E-state index in [2.05, 4.69) is 10.6 Å². The van der Waals surface area contributed by atoms with Gasteiger partial charge in [-0.15, -0.1) is 0 Å². The van der Waals surface area contributed by atoms with Gasteiger partial charge in [0.15, 0.2) is 5.78 Å². The third-order valence-electron chi connectivity index (χ3n) is 3.59. The van der Waals surface area contributed by atoms with Crippen molar-refractivity contribution in [3.8, 4) is 0 Å². The molecule has 7 heteroatoms. The molecular formula is C19H18F2N2O3. The Bertz CT molecular complexity index is 837. The molecule has 0 atom stereocenters. The van der Waals surface area contributed by atoms with E-state index in [0.29, 0.717) is 23.7 Å². The molecule has 2 aromatic carbocycles. The van der Waals surface area contributed by atoms with Crippen molar-refractivity contribution in [3.05, 3.63) is 65.2 Å². The fraction of sp³-hybridized carbons (Fsp3) is 0.211. The molecule has 0 radical (unpaired) electrons. The summed E-state index contributed by atoms with van der Waals surface area (Å²) in [6.07, 6.45) is 0.475. The molecule has 0 saturated carbocycles. The molecule has 0 aliphatic carbocycles. The van der Waals surface area contributed by atoms with Crippen molar-refractivity contribution < 1.29 is 23.2 Å². The number of nitrogens with one attached hydrogen (secondary N) is 2. The van der Waals surface area contributed by atoms with Gasteiger partial charge in [0.2, 0.25) is 5.91 Å². The molecule has 0 saturated heterocycles. The average Bonchev–Trinajstić information content (AvgIpc) is 2.58. The number of carbonyl (C=O) groups excluding carboxylic acids is 3. The lowest BCUT2D eigenvalue weighted by Gasteiger charge is -2.08. The standard InChI is InChI=1S/C19H18F2N2O3/c1-12(24)13-4-2-5-15(10-13)23-18(25)6-3-9-22-19(26)16-8-7-14(20)11-17(16)21/h2,4-5,7-8,10-11H,3,6,9H2,1H3,(H,22,26)(H,23,25). The number of rotatable bonds is 7. The molecule has 0 aliphatic rings. The zero-order valence-electron chi connectivity index (χ0n) is 14.1. The van der Waals surface area contributed by atoms with Gasteiger partial charge < -0.3 is 10.6 Å². The van der Waals surface area contributed by atoms with Crippen LogP contribution in [0.4, 0.5) is 14.5 Å². The maximum Gasteiger partial charge on any atom is 0.254 e. The highest BCUT2D eigenvalue weighted by Crippen LogP contribution is 2.12. The number of halogens is 2. The van der Waals surface area contributed by atoms with Crippen molar-refractivity contribution in [1.82, 2.24) is 5.32 Å². The molecule has 5 nitrogen and oxygen atoms in total. The number of anilines is 1. The quantitative estimate of drug-likeness (QED) is 0.588. The molecule has 136 valence electrons. The molecule has 0 unspecified atom stereocenters. The molecule has 2 amide bonds. The van der Waals surface area contributed by atoms with E-state index in [9.17, 15) is 23.2 Å². The van der Waals surface area contributed by atoms with E-state index in [1.807, 2.05) is 0 Å². The van der Waals surface area contributed by atoms with Crippen molar-refractivity contribution in [2.45, 2.75) is 19.8 Å². The van der Waals surface area contributed by atoms with Crippen molar-refractivity contribution >= 4 is 23.3 Å².